The van der Waals surface area contributed by atoms with Gasteiger partial charge >= 0.3 is 6.18 Å². The van der Waals surface area contributed by atoms with Crippen molar-refractivity contribution in [2.45, 2.75) is 13.1 Å². The molecule has 0 aliphatic rings. The number of alkyl halides is 3. The minimum Gasteiger partial charge on any atom is -0.440 e. The summed E-state index contributed by atoms with van der Waals surface area (Å²) in [5.74, 6) is -0.480. The molecular weight excluding hydrogens is 247 g/mol. The summed E-state index contributed by atoms with van der Waals surface area (Å²) >= 11 is 0. The Morgan fingerprint density at radius 1 is 1.39 bits per heavy atom. The molecule has 1 aromatic carbocycles. The monoisotopic (exact) mass is 259 g/mol. The lowest BCUT2D eigenvalue weighted by Gasteiger charge is -2.12. The van der Waals surface area contributed by atoms with Crippen molar-refractivity contribution in [3.05, 3.63) is 35.5 Å². The molecule has 0 unspecified atom stereocenters. The van der Waals surface area contributed by atoms with Crippen LogP contribution in [-0.4, -0.2) is 5.90 Å². The summed E-state index contributed by atoms with van der Waals surface area (Å²) in [5, 5.41) is 7.35. The summed E-state index contributed by atoms with van der Waals surface area (Å²) in [6.45, 7) is 1.53. The Morgan fingerprint density at radius 3 is 2.50 bits per heavy atom. The van der Waals surface area contributed by atoms with Gasteiger partial charge in [0, 0.05) is 17.5 Å². The topological polar surface area (TPSA) is 85.1 Å². The first-order valence-corrected chi connectivity index (χ1v) is 4.87. The fraction of sp³-hybridized carbons (Fsp3) is 0.182. The highest BCUT2D eigenvalue weighted by atomic mass is 19.4. The van der Waals surface area contributed by atoms with Crippen molar-refractivity contribution in [2.75, 3.05) is 5.73 Å². The van der Waals surface area contributed by atoms with Gasteiger partial charge in [-0.25, -0.2) is 0 Å². The van der Waals surface area contributed by atoms with E-state index in [0.717, 1.165) is 12.1 Å². The number of hydrogen-bond donors (Lipinski definition) is 3. The summed E-state index contributed by atoms with van der Waals surface area (Å²) < 4.78 is 42.6. The normalized spacial score (nSPS) is 12.3. The number of hydrogen-bond acceptors (Lipinski definition) is 4. The predicted molar refractivity (Wildman–Crippen MR) is 62.2 cm³/mol. The number of benzene rings is 1. The molecule has 0 aliphatic carbocycles. The van der Waals surface area contributed by atoms with E-state index in [2.05, 4.69) is 0 Å². The van der Waals surface area contributed by atoms with E-state index in [1.807, 2.05) is 0 Å². The van der Waals surface area contributed by atoms with Crippen molar-refractivity contribution < 1.29 is 17.9 Å². The van der Waals surface area contributed by atoms with Gasteiger partial charge in [-0.1, -0.05) is 0 Å². The number of nitrogen functional groups attached to an aromatic ring is 1. The van der Waals surface area contributed by atoms with E-state index in [-0.39, 0.29) is 11.6 Å². The van der Waals surface area contributed by atoms with Gasteiger partial charge in [0.05, 0.1) is 5.56 Å². The molecule has 1 aromatic rings. The Labute approximate surface area is 102 Å². The number of nitrogens with two attached hydrogens (primary N) is 2. The summed E-state index contributed by atoms with van der Waals surface area (Å²) in [4.78, 5) is 0. The zero-order valence-corrected chi connectivity index (χ0v) is 9.51. The van der Waals surface area contributed by atoms with Crippen molar-refractivity contribution in [3.63, 3.8) is 0 Å². The molecule has 0 radical (unpaired) electrons. The molecule has 0 aliphatic heterocycles. The number of ether oxygens (including phenoxy) is 1. The second-order valence-electron chi connectivity index (χ2n) is 3.60. The van der Waals surface area contributed by atoms with Gasteiger partial charge in [0.15, 0.2) is 0 Å². The van der Waals surface area contributed by atoms with Crippen LogP contribution >= 0.6 is 0 Å². The maximum absolute atomic E-state index is 12.6. The Morgan fingerprint density at radius 2 is 2.00 bits per heavy atom. The van der Waals surface area contributed by atoms with Crippen LogP contribution in [0.2, 0.25) is 0 Å². The number of allylic oxidation sites excluding steroid dienone is 1. The average Bonchev–Trinajstić information content (AvgIpc) is 2.17. The molecule has 0 heterocycles. The molecule has 0 fully saturated rings. The van der Waals surface area contributed by atoms with Crippen LogP contribution in [0.5, 0.6) is 5.75 Å². The second-order valence-corrected chi connectivity index (χ2v) is 3.60. The number of nitrogens with one attached hydrogen (secondary N) is 1. The fourth-order valence-electron chi connectivity index (χ4n) is 1.21. The molecule has 18 heavy (non-hydrogen) atoms. The van der Waals surface area contributed by atoms with Crippen LogP contribution in [0, 0.1) is 5.41 Å². The van der Waals surface area contributed by atoms with Crippen LogP contribution < -0.4 is 16.2 Å². The van der Waals surface area contributed by atoms with Crippen LogP contribution in [0.25, 0.3) is 0 Å². The largest absolute Gasteiger partial charge is 0.440 e. The minimum absolute atomic E-state index is 0.126. The van der Waals surface area contributed by atoms with Crippen LogP contribution in [0.1, 0.15) is 12.5 Å². The lowest BCUT2D eigenvalue weighted by atomic mass is 10.1. The molecule has 98 valence electrons. The number of halogens is 3. The SMILES string of the molecule is C/C(N)=C/C(=N)Oc1ccc(N)c(C(F)(F)F)c1. The highest BCUT2D eigenvalue weighted by Crippen LogP contribution is 2.35. The first-order chi connectivity index (χ1) is 8.20. The second kappa shape index (κ2) is 4.99. The molecule has 0 aromatic heterocycles. The zero-order valence-electron chi connectivity index (χ0n) is 9.51. The predicted octanol–water partition coefficient (Wildman–Crippen LogP) is 2.51. The Hall–Kier alpha value is -2.18. The fourth-order valence-corrected chi connectivity index (χ4v) is 1.21. The first-order valence-electron chi connectivity index (χ1n) is 4.87. The molecular formula is C11H12F3N3O. The van der Waals surface area contributed by atoms with Gasteiger partial charge in [0.2, 0.25) is 5.90 Å². The lowest BCUT2D eigenvalue weighted by Crippen LogP contribution is -2.11. The van der Waals surface area contributed by atoms with Gasteiger partial charge in [-0.05, 0) is 25.1 Å². The Bertz CT molecular complexity index is 491. The molecule has 4 nitrogen and oxygen atoms in total. The van der Waals surface area contributed by atoms with Gasteiger partial charge in [-0.2, -0.15) is 13.2 Å². The smallest absolute Gasteiger partial charge is 0.418 e. The summed E-state index contributed by atoms with van der Waals surface area (Å²) in [6.07, 6.45) is -3.38. The standard InChI is InChI=1S/C11H12F3N3O/c1-6(15)4-10(17)18-7-2-3-9(16)8(5-7)11(12,13)14/h2-5,17H,15-16H2,1H3/b6-4-,17-10?. The molecule has 1 rings (SSSR count). The van der Waals surface area contributed by atoms with Crippen molar-refractivity contribution in [3.8, 4) is 5.75 Å². The zero-order chi connectivity index (χ0) is 13.9. The Kier molecular flexibility index (Phi) is 3.85. The molecule has 5 N–H and O–H groups in total. The van der Waals surface area contributed by atoms with E-state index in [0.29, 0.717) is 5.70 Å². The van der Waals surface area contributed by atoms with Crippen molar-refractivity contribution in [2.24, 2.45) is 5.73 Å². The lowest BCUT2D eigenvalue weighted by molar-refractivity contribution is -0.137. The number of rotatable bonds is 2. The third kappa shape index (κ3) is 3.69. The van der Waals surface area contributed by atoms with E-state index in [4.69, 9.17) is 21.6 Å². The molecule has 0 spiro atoms. The van der Waals surface area contributed by atoms with Gasteiger partial charge in [0.1, 0.15) is 5.75 Å². The van der Waals surface area contributed by atoms with Crippen molar-refractivity contribution >= 4 is 11.6 Å². The molecule has 0 bridgehead atoms. The maximum atomic E-state index is 12.6. The van der Waals surface area contributed by atoms with E-state index in [1.54, 1.807) is 0 Å². The van der Waals surface area contributed by atoms with Crippen molar-refractivity contribution in [1.29, 1.82) is 5.41 Å². The van der Waals surface area contributed by atoms with Crippen LogP contribution in [0.15, 0.2) is 30.0 Å². The van der Waals surface area contributed by atoms with E-state index in [9.17, 15) is 13.2 Å². The molecule has 7 heteroatoms. The highest BCUT2D eigenvalue weighted by Gasteiger charge is 2.33. The third-order valence-corrected chi connectivity index (χ3v) is 1.92. The highest BCUT2D eigenvalue weighted by molar-refractivity contribution is 5.87. The average molecular weight is 259 g/mol. The van der Waals surface area contributed by atoms with Crippen LogP contribution in [0.3, 0.4) is 0 Å². The Balaban J connectivity index is 3.00. The van der Waals surface area contributed by atoms with E-state index >= 15 is 0 Å². The summed E-state index contributed by atoms with van der Waals surface area (Å²) in [7, 11) is 0. The van der Waals surface area contributed by atoms with Crippen molar-refractivity contribution in [1.82, 2.24) is 0 Å². The summed E-state index contributed by atoms with van der Waals surface area (Å²) in [6, 6.07) is 3.06. The number of anilines is 1. The summed E-state index contributed by atoms with van der Waals surface area (Å²) in [5.41, 5.74) is 9.45. The first kappa shape index (κ1) is 13.9. The van der Waals surface area contributed by atoms with Gasteiger partial charge in [-0.15, -0.1) is 0 Å². The van der Waals surface area contributed by atoms with Crippen LogP contribution in [-0.2, 0) is 6.18 Å². The molecule has 0 atom stereocenters. The van der Waals surface area contributed by atoms with Crippen LogP contribution in [0.4, 0.5) is 18.9 Å². The van der Waals surface area contributed by atoms with Gasteiger partial charge in [0.25, 0.3) is 0 Å². The molecule has 0 saturated carbocycles. The van der Waals surface area contributed by atoms with Gasteiger partial charge in [-0.3, -0.25) is 5.41 Å². The third-order valence-electron chi connectivity index (χ3n) is 1.92. The molecule has 0 saturated heterocycles. The van der Waals surface area contributed by atoms with Gasteiger partial charge < -0.3 is 16.2 Å². The quantitative estimate of drug-likeness (QED) is 0.433. The molecule has 0 amide bonds. The van der Waals surface area contributed by atoms with E-state index in [1.165, 1.54) is 19.1 Å². The maximum Gasteiger partial charge on any atom is 0.418 e. The minimum atomic E-state index is -4.56. The van der Waals surface area contributed by atoms with E-state index < -0.39 is 17.4 Å².